The molecule has 1 aromatic heterocycles. The van der Waals surface area contributed by atoms with Gasteiger partial charge in [0.05, 0.1) is 17.4 Å². The smallest absolute Gasteiger partial charge is 0.416 e. The number of alkyl halides is 3. The zero-order chi connectivity index (χ0) is 25.2. The molecule has 0 aliphatic carbocycles. The number of ether oxygens (including phenoxy) is 1. The van der Waals surface area contributed by atoms with E-state index in [-0.39, 0.29) is 23.5 Å². The Bertz CT molecular complexity index is 1330. The molecule has 0 unspecified atom stereocenters. The fourth-order valence-electron chi connectivity index (χ4n) is 3.25. The summed E-state index contributed by atoms with van der Waals surface area (Å²) < 4.78 is 59.2. The van der Waals surface area contributed by atoms with Crippen molar-refractivity contribution in [2.45, 2.75) is 26.1 Å². The lowest BCUT2D eigenvalue weighted by Gasteiger charge is -2.10. The summed E-state index contributed by atoms with van der Waals surface area (Å²) >= 11 is 0. The Morgan fingerprint density at radius 2 is 1.69 bits per heavy atom. The number of aromatic nitrogens is 3. The predicted molar refractivity (Wildman–Crippen MR) is 122 cm³/mol. The molecule has 35 heavy (non-hydrogen) atoms. The van der Waals surface area contributed by atoms with Crippen molar-refractivity contribution in [3.05, 3.63) is 89.7 Å². The lowest BCUT2D eigenvalue weighted by molar-refractivity contribution is -0.137. The maximum atomic E-state index is 13.1. The number of hydrogen-bond donors (Lipinski definition) is 1. The van der Waals surface area contributed by atoms with Crippen LogP contribution >= 0.6 is 0 Å². The third-order valence-electron chi connectivity index (χ3n) is 4.85. The Hall–Kier alpha value is -4.21. The second kappa shape index (κ2) is 9.57. The number of carbonyl (C=O) groups is 1. The molecule has 0 saturated heterocycles. The topological polar surface area (TPSA) is 69.0 Å². The maximum absolute atomic E-state index is 13.1. The molecule has 0 aliphatic rings. The van der Waals surface area contributed by atoms with Crippen LogP contribution in [0, 0.1) is 5.82 Å². The number of hydrogen-bond acceptors (Lipinski definition) is 4. The molecule has 0 aliphatic heterocycles. The van der Waals surface area contributed by atoms with Crippen LogP contribution in [0.2, 0.25) is 0 Å². The SMILES string of the molecule is CC(C)Oc1nc(-c2ccc(C(F)(F)F)cc2)n(-c2cccc(NC(=O)c3ccc(F)cc3)c2)n1. The molecule has 4 rings (SSSR count). The molecule has 0 fully saturated rings. The van der Waals surface area contributed by atoms with Crippen LogP contribution in [0.4, 0.5) is 23.2 Å². The highest BCUT2D eigenvalue weighted by atomic mass is 19.4. The summed E-state index contributed by atoms with van der Waals surface area (Å²) in [6.45, 7) is 3.59. The van der Waals surface area contributed by atoms with Gasteiger partial charge in [0.1, 0.15) is 5.82 Å². The van der Waals surface area contributed by atoms with E-state index in [0.717, 1.165) is 12.1 Å². The molecule has 3 aromatic carbocycles. The van der Waals surface area contributed by atoms with Crippen molar-refractivity contribution >= 4 is 11.6 Å². The van der Waals surface area contributed by atoms with Crippen LogP contribution in [0.5, 0.6) is 6.01 Å². The Labute approximate surface area is 198 Å². The minimum absolute atomic E-state index is 0.0515. The van der Waals surface area contributed by atoms with Gasteiger partial charge in [-0.05, 0) is 68.4 Å². The summed E-state index contributed by atoms with van der Waals surface area (Å²) in [6.07, 6.45) is -4.69. The Morgan fingerprint density at radius 1 is 1.00 bits per heavy atom. The zero-order valence-corrected chi connectivity index (χ0v) is 18.7. The fourth-order valence-corrected chi connectivity index (χ4v) is 3.25. The molecule has 0 radical (unpaired) electrons. The number of benzene rings is 3. The first-order chi connectivity index (χ1) is 16.6. The molecule has 10 heteroatoms. The Morgan fingerprint density at radius 3 is 2.31 bits per heavy atom. The lowest BCUT2D eigenvalue weighted by atomic mass is 10.1. The first-order valence-corrected chi connectivity index (χ1v) is 10.6. The van der Waals surface area contributed by atoms with Gasteiger partial charge in [0, 0.05) is 16.8 Å². The van der Waals surface area contributed by atoms with Crippen molar-refractivity contribution in [2.24, 2.45) is 0 Å². The molecule has 1 heterocycles. The fraction of sp³-hybridized carbons (Fsp3) is 0.160. The maximum Gasteiger partial charge on any atom is 0.416 e. The van der Waals surface area contributed by atoms with Gasteiger partial charge in [-0.15, -0.1) is 5.10 Å². The molecule has 0 spiro atoms. The molecular weight excluding hydrogens is 464 g/mol. The minimum Gasteiger partial charge on any atom is -0.460 e. The monoisotopic (exact) mass is 484 g/mol. The average molecular weight is 484 g/mol. The highest BCUT2D eigenvalue weighted by molar-refractivity contribution is 6.04. The molecule has 180 valence electrons. The molecular formula is C25H20F4N4O2. The zero-order valence-electron chi connectivity index (χ0n) is 18.7. The average Bonchev–Trinajstić information content (AvgIpc) is 3.22. The number of carbonyl (C=O) groups excluding carboxylic acids is 1. The second-order valence-electron chi connectivity index (χ2n) is 7.88. The van der Waals surface area contributed by atoms with Gasteiger partial charge in [0.25, 0.3) is 5.91 Å². The van der Waals surface area contributed by atoms with Gasteiger partial charge in [-0.25, -0.2) is 9.07 Å². The largest absolute Gasteiger partial charge is 0.460 e. The van der Waals surface area contributed by atoms with Crippen molar-refractivity contribution in [1.29, 1.82) is 0 Å². The summed E-state index contributed by atoms with van der Waals surface area (Å²) in [6, 6.07) is 16.4. The number of anilines is 1. The predicted octanol–water partition coefficient (Wildman–Crippen LogP) is 6.13. The van der Waals surface area contributed by atoms with Gasteiger partial charge in [-0.1, -0.05) is 18.2 Å². The lowest BCUT2D eigenvalue weighted by Crippen LogP contribution is -2.12. The first kappa shape index (κ1) is 23.9. The van der Waals surface area contributed by atoms with Gasteiger partial charge in [-0.2, -0.15) is 18.2 Å². The van der Waals surface area contributed by atoms with Crippen molar-refractivity contribution in [2.75, 3.05) is 5.32 Å². The van der Waals surface area contributed by atoms with Gasteiger partial charge < -0.3 is 10.1 Å². The normalized spacial score (nSPS) is 11.5. The first-order valence-electron chi connectivity index (χ1n) is 10.6. The highest BCUT2D eigenvalue weighted by Gasteiger charge is 2.30. The molecule has 4 aromatic rings. The molecule has 0 bridgehead atoms. The second-order valence-corrected chi connectivity index (χ2v) is 7.88. The van der Waals surface area contributed by atoms with Crippen molar-refractivity contribution in [1.82, 2.24) is 14.8 Å². The van der Waals surface area contributed by atoms with E-state index in [1.807, 2.05) is 0 Å². The molecule has 0 atom stereocenters. The van der Waals surface area contributed by atoms with E-state index >= 15 is 0 Å². The number of nitrogens with zero attached hydrogens (tertiary/aromatic N) is 3. The van der Waals surface area contributed by atoms with Crippen LogP contribution in [0.3, 0.4) is 0 Å². The van der Waals surface area contributed by atoms with Gasteiger partial charge in [-0.3, -0.25) is 4.79 Å². The van der Waals surface area contributed by atoms with Crippen molar-refractivity contribution in [3.8, 4) is 23.1 Å². The van der Waals surface area contributed by atoms with Crippen LogP contribution in [0.25, 0.3) is 17.1 Å². The number of amides is 1. The van der Waals surface area contributed by atoms with Gasteiger partial charge in [0.15, 0.2) is 5.82 Å². The van der Waals surface area contributed by atoms with E-state index in [1.165, 1.54) is 41.1 Å². The van der Waals surface area contributed by atoms with Gasteiger partial charge >= 0.3 is 12.2 Å². The summed E-state index contributed by atoms with van der Waals surface area (Å²) in [5.41, 5.74) is 0.803. The Balaban J connectivity index is 1.69. The van der Waals surface area contributed by atoms with Crippen LogP contribution in [-0.2, 0) is 6.18 Å². The molecule has 1 N–H and O–H groups in total. The summed E-state index contributed by atoms with van der Waals surface area (Å²) in [5, 5.41) is 7.09. The quantitative estimate of drug-likeness (QED) is 0.334. The van der Waals surface area contributed by atoms with Crippen LogP contribution in [-0.4, -0.2) is 26.8 Å². The van der Waals surface area contributed by atoms with Crippen molar-refractivity contribution < 1.29 is 27.1 Å². The van der Waals surface area contributed by atoms with E-state index in [2.05, 4.69) is 15.4 Å². The summed E-state index contributed by atoms with van der Waals surface area (Å²) in [5.74, 6) is -0.631. The van der Waals surface area contributed by atoms with E-state index < -0.39 is 23.5 Å². The summed E-state index contributed by atoms with van der Waals surface area (Å²) in [7, 11) is 0. The number of rotatable bonds is 6. The third kappa shape index (κ3) is 5.65. The van der Waals surface area contributed by atoms with Crippen LogP contribution < -0.4 is 10.1 Å². The van der Waals surface area contributed by atoms with Crippen LogP contribution in [0.1, 0.15) is 29.8 Å². The standard InChI is InChI=1S/C25H20F4N4O2/c1-15(2)35-24-31-22(16-6-10-18(11-7-16)25(27,28)29)33(32-24)21-5-3-4-20(14-21)30-23(34)17-8-12-19(26)13-9-17/h3-15H,1-2H3,(H,30,34). The Kier molecular flexibility index (Phi) is 6.54. The van der Waals surface area contributed by atoms with E-state index in [0.29, 0.717) is 16.9 Å². The van der Waals surface area contributed by atoms with E-state index in [4.69, 9.17) is 4.74 Å². The third-order valence-corrected chi connectivity index (χ3v) is 4.85. The van der Waals surface area contributed by atoms with Crippen LogP contribution in [0.15, 0.2) is 72.8 Å². The highest BCUT2D eigenvalue weighted by Crippen LogP contribution is 2.32. The number of halogens is 4. The molecule has 0 saturated carbocycles. The van der Waals surface area contributed by atoms with E-state index in [1.54, 1.807) is 38.1 Å². The molecule has 6 nitrogen and oxygen atoms in total. The summed E-state index contributed by atoms with van der Waals surface area (Å²) in [4.78, 5) is 16.9. The molecule has 1 amide bonds. The van der Waals surface area contributed by atoms with Crippen molar-refractivity contribution in [3.63, 3.8) is 0 Å². The van der Waals surface area contributed by atoms with E-state index in [9.17, 15) is 22.4 Å². The number of nitrogens with one attached hydrogen (secondary N) is 1. The minimum atomic E-state index is -4.46. The van der Waals surface area contributed by atoms with Gasteiger partial charge in [0.2, 0.25) is 0 Å².